The van der Waals surface area contributed by atoms with Crippen molar-refractivity contribution in [3.63, 3.8) is 0 Å². The molecule has 1 aromatic rings. The standard InChI is InChI=1S/C10H15N3O4/c1-2-7(10-11-3-4-12-10)13-8(14)5-17-6-9(15)16/h3-4,7H,2,5-6H2,1H3,(H,11,12)(H,13,14)(H,15,16). The van der Waals surface area contributed by atoms with Crippen LogP contribution in [0.5, 0.6) is 0 Å². The molecule has 7 heteroatoms. The van der Waals surface area contributed by atoms with Crippen molar-refractivity contribution in [1.82, 2.24) is 15.3 Å². The number of amides is 1. The minimum absolute atomic E-state index is 0.217. The highest BCUT2D eigenvalue weighted by Gasteiger charge is 2.14. The fourth-order valence-electron chi connectivity index (χ4n) is 1.30. The van der Waals surface area contributed by atoms with Gasteiger partial charge in [-0.3, -0.25) is 4.79 Å². The Labute approximate surface area is 98.2 Å². The highest BCUT2D eigenvalue weighted by Crippen LogP contribution is 2.10. The van der Waals surface area contributed by atoms with E-state index < -0.39 is 12.6 Å². The van der Waals surface area contributed by atoms with Crippen LogP contribution in [0.1, 0.15) is 25.2 Å². The van der Waals surface area contributed by atoms with E-state index in [2.05, 4.69) is 20.0 Å². The van der Waals surface area contributed by atoms with Crippen molar-refractivity contribution in [1.29, 1.82) is 0 Å². The number of aromatic amines is 1. The van der Waals surface area contributed by atoms with Crippen molar-refractivity contribution in [2.75, 3.05) is 13.2 Å². The molecule has 3 N–H and O–H groups in total. The van der Waals surface area contributed by atoms with E-state index in [-0.39, 0.29) is 18.6 Å². The number of rotatable bonds is 7. The summed E-state index contributed by atoms with van der Waals surface area (Å²) in [6.45, 7) is 1.15. The number of nitrogens with one attached hydrogen (secondary N) is 2. The molecule has 1 aromatic heterocycles. The molecule has 0 fully saturated rings. The van der Waals surface area contributed by atoms with Crippen molar-refractivity contribution in [2.45, 2.75) is 19.4 Å². The summed E-state index contributed by atoms with van der Waals surface area (Å²) >= 11 is 0. The number of imidazole rings is 1. The molecule has 17 heavy (non-hydrogen) atoms. The zero-order valence-electron chi connectivity index (χ0n) is 9.47. The lowest BCUT2D eigenvalue weighted by atomic mass is 10.2. The third-order valence-electron chi connectivity index (χ3n) is 2.05. The van der Waals surface area contributed by atoms with E-state index in [1.54, 1.807) is 12.4 Å². The molecule has 94 valence electrons. The third kappa shape index (κ3) is 4.64. The van der Waals surface area contributed by atoms with E-state index >= 15 is 0 Å². The zero-order chi connectivity index (χ0) is 12.7. The second kappa shape index (κ2) is 6.64. The largest absolute Gasteiger partial charge is 0.480 e. The van der Waals surface area contributed by atoms with Crippen LogP contribution in [0, 0.1) is 0 Å². The van der Waals surface area contributed by atoms with Gasteiger partial charge in [0.2, 0.25) is 5.91 Å². The molecule has 7 nitrogen and oxygen atoms in total. The monoisotopic (exact) mass is 241 g/mol. The van der Waals surface area contributed by atoms with Crippen LogP contribution in [0.4, 0.5) is 0 Å². The van der Waals surface area contributed by atoms with Crippen LogP contribution in [0.25, 0.3) is 0 Å². The molecule has 0 spiro atoms. The van der Waals surface area contributed by atoms with Gasteiger partial charge in [-0.2, -0.15) is 0 Å². The van der Waals surface area contributed by atoms with Crippen molar-refractivity contribution < 1.29 is 19.4 Å². The number of H-pyrrole nitrogens is 1. The second-order valence-corrected chi connectivity index (χ2v) is 3.39. The highest BCUT2D eigenvalue weighted by atomic mass is 16.5. The number of hydrogen-bond acceptors (Lipinski definition) is 4. The van der Waals surface area contributed by atoms with Gasteiger partial charge < -0.3 is 20.1 Å². The van der Waals surface area contributed by atoms with E-state index in [0.717, 1.165) is 0 Å². The van der Waals surface area contributed by atoms with Gasteiger partial charge in [0.1, 0.15) is 19.0 Å². The highest BCUT2D eigenvalue weighted by molar-refractivity contribution is 5.78. The van der Waals surface area contributed by atoms with Gasteiger partial charge in [0, 0.05) is 12.4 Å². The topological polar surface area (TPSA) is 104 Å². The summed E-state index contributed by atoms with van der Waals surface area (Å²) in [6, 6.07) is -0.217. The van der Waals surface area contributed by atoms with Gasteiger partial charge in [0.15, 0.2) is 0 Å². The lowest BCUT2D eigenvalue weighted by molar-refractivity contribution is -0.143. The Hall–Kier alpha value is -1.89. The maximum Gasteiger partial charge on any atom is 0.329 e. The molecule has 0 aliphatic rings. The number of carboxylic acid groups (broad SMARTS) is 1. The van der Waals surface area contributed by atoms with Gasteiger partial charge in [-0.05, 0) is 6.42 Å². The lowest BCUT2D eigenvalue weighted by Crippen LogP contribution is -2.32. The molecule has 1 atom stereocenters. The summed E-state index contributed by atoms with van der Waals surface area (Å²) in [7, 11) is 0. The molecule has 0 aromatic carbocycles. The summed E-state index contributed by atoms with van der Waals surface area (Å²) in [5, 5.41) is 11.0. The van der Waals surface area contributed by atoms with E-state index in [0.29, 0.717) is 12.2 Å². The van der Waals surface area contributed by atoms with Gasteiger partial charge in [0.25, 0.3) is 0 Å². The van der Waals surface area contributed by atoms with Crippen LogP contribution in [-0.4, -0.2) is 40.2 Å². The molecule has 1 rings (SSSR count). The SMILES string of the molecule is CCC(NC(=O)COCC(=O)O)c1ncc[nH]1. The van der Waals surface area contributed by atoms with Crippen molar-refractivity contribution in [3.05, 3.63) is 18.2 Å². The molecule has 0 aliphatic heterocycles. The number of carbonyl (C=O) groups is 2. The van der Waals surface area contributed by atoms with Gasteiger partial charge in [-0.1, -0.05) is 6.92 Å². The molecule has 0 aliphatic carbocycles. The minimum Gasteiger partial charge on any atom is -0.480 e. The average molecular weight is 241 g/mol. The first kappa shape index (κ1) is 13.2. The predicted molar refractivity (Wildman–Crippen MR) is 58.2 cm³/mol. The minimum atomic E-state index is -1.10. The molecule has 1 heterocycles. The van der Waals surface area contributed by atoms with Gasteiger partial charge in [-0.25, -0.2) is 9.78 Å². The summed E-state index contributed by atoms with van der Waals surface area (Å²) in [4.78, 5) is 28.5. The van der Waals surface area contributed by atoms with E-state index in [4.69, 9.17) is 5.11 Å². The van der Waals surface area contributed by atoms with Crippen LogP contribution >= 0.6 is 0 Å². The number of aromatic nitrogens is 2. The van der Waals surface area contributed by atoms with E-state index in [1.165, 1.54) is 0 Å². The zero-order valence-corrected chi connectivity index (χ0v) is 9.47. The number of nitrogens with zero attached hydrogens (tertiary/aromatic N) is 1. The number of carbonyl (C=O) groups excluding carboxylic acids is 1. The molecular formula is C10H15N3O4. The van der Waals surface area contributed by atoms with E-state index in [1.807, 2.05) is 6.92 Å². The Morgan fingerprint density at radius 1 is 1.59 bits per heavy atom. The fourth-order valence-corrected chi connectivity index (χ4v) is 1.30. The van der Waals surface area contributed by atoms with Crippen molar-refractivity contribution >= 4 is 11.9 Å². The molecule has 0 saturated carbocycles. The Morgan fingerprint density at radius 3 is 2.88 bits per heavy atom. The number of ether oxygens (including phenoxy) is 1. The van der Waals surface area contributed by atoms with Crippen LogP contribution in [0.2, 0.25) is 0 Å². The van der Waals surface area contributed by atoms with Gasteiger partial charge >= 0.3 is 5.97 Å². The second-order valence-electron chi connectivity index (χ2n) is 3.39. The van der Waals surface area contributed by atoms with Crippen LogP contribution < -0.4 is 5.32 Å². The van der Waals surface area contributed by atoms with Crippen LogP contribution in [-0.2, 0) is 14.3 Å². The van der Waals surface area contributed by atoms with E-state index in [9.17, 15) is 9.59 Å². The molecule has 1 unspecified atom stereocenters. The summed E-state index contributed by atoms with van der Waals surface area (Å²) in [5.74, 6) is -0.801. The average Bonchev–Trinajstić information content (AvgIpc) is 2.78. The summed E-state index contributed by atoms with van der Waals surface area (Å²) < 4.78 is 4.68. The fraction of sp³-hybridized carbons (Fsp3) is 0.500. The number of carboxylic acids is 1. The quantitative estimate of drug-likeness (QED) is 0.627. The van der Waals surface area contributed by atoms with Crippen molar-refractivity contribution in [3.8, 4) is 0 Å². The van der Waals surface area contributed by atoms with Gasteiger partial charge in [0.05, 0.1) is 6.04 Å². The van der Waals surface area contributed by atoms with Crippen LogP contribution in [0.3, 0.4) is 0 Å². The maximum atomic E-state index is 11.4. The molecular weight excluding hydrogens is 226 g/mol. The molecule has 0 saturated heterocycles. The predicted octanol–water partition coefficient (Wildman–Crippen LogP) is 0.0782. The third-order valence-corrected chi connectivity index (χ3v) is 2.05. The maximum absolute atomic E-state index is 11.4. The first-order valence-corrected chi connectivity index (χ1v) is 5.21. The Morgan fingerprint density at radius 2 is 2.35 bits per heavy atom. The normalized spacial score (nSPS) is 12.1. The Kier molecular flexibility index (Phi) is 5.15. The molecule has 0 bridgehead atoms. The van der Waals surface area contributed by atoms with Crippen molar-refractivity contribution in [2.24, 2.45) is 0 Å². The lowest BCUT2D eigenvalue weighted by Gasteiger charge is -2.14. The summed E-state index contributed by atoms with van der Waals surface area (Å²) in [5.41, 5.74) is 0. The first-order valence-electron chi connectivity index (χ1n) is 5.21. The summed E-state index contributed by atoms with van der Waals surface area (Å²) in [6.07, 6.45) is 3.95. The Bertz CT molecular complexity index is 364. The smallest absolute Gasteiger partial charge is 0.329 e. The number of hydrogen-bond donors (Lipinski definition) is 3. The van der Waals surface area contributed by atoms with Gasteiger partial charge in [-0.15, -0.1) is 0 Å². The molecule has 1 amide bonds. The molecule has 0 radical (unpaired) electrons. The van der Waals surface area contributed by atoms with Crippen LogP contribution in [0.15, 0.2) is 12.4 Å². The first-order chi connectivity index (χ1) is 8.13. The number of aliphatic carboxylic acids is 1. The Balaban J connectivity index is 2.36.